The maximum Gasteiger partial charge on any atom is 0.207 e. The number of fused-ring (bicyclic) bond motifs is 3. The molecule has 2 N–H and O–H groups in total. The Kier molecular flexibility index (Phi) is 9.37. The number of aromatic nitrogens is 4. The molecule has 1 aliphatic carbocycles. The highest BCUT2D eigenvalue weighted by atomic mass is 35.5. The molecule has 4 aliphatic rings. The van der Waals surface area contributed by atoms with E-state index in [0.717, 1.165) is 22.4 Å². The number of rotatable bonds is 10. The zero-order chi connectivity index (χ0) is 39.0. The molecule has 0 amide bonds. The lowest BCUT2D eigenvalue weighted by Crippen LogP contribution is -2.37. The van der Waals surface area contributed by atoms with Gasteiger partial charge >= 0.3 is 0 Å². The summed E-state index contributed by atoms with van der Waals surface area (Å²) in [6.07, 6.45) is -0.995. The minimum Gasteiger partial charge on any atom is -0.497 e. The van der Waals surface area contributed by atoms with E-state index in [2.05, 4.69) is 41.4 Å². The first kappa shape index (κ1) is 37.4. The van der Waals surface area contributed by atoms with Crippen LogP contribution in [0.1, 0.15) is 63.1 Å². The topological polar surface area (TPSA) is 144 Å². The molecule has 3 aliphatic heterocycles. The van der Waals surface area contributed by atoms with E-state index >= 15 is 0 Å². The Balaban J connectivity index is 1.07. The van der Waals surface area contributed by atoms with E-state index in [0.29, 0.717) is 24.2 Å². The van der Waals surface area contributed by atoms with Gasteiger partial charge in [-0.3, -0.25) is 9.98 Å². The van der Waals surface area contributed by atoms with Gasteiger partial charge in [-0.05, 0) is 74.5 Å². The Labute approximate surface area is 329 Å². The van der Waals surface area contributed by atoms with Gasteiger partial charge in [0.1, 0.15) is 35.8 Å². The largest absolute Gasteiger partial charge is 0.497 e. The molecule has 3 aromatic carbocycles. The predicted molar refractivity (Wildman–Crippen MR) is 204 cm³/mol. The third-order valence-corrected chi connectivity index (χ3v) is 11.7. The van der Waals surface area contributed by atoms with Crippen molar-refractivity contribution in [3.63, 3.8) is 0 Å². The van der Waals surface area contributed by atoms with Crippen molar-refractivity contribution in [1.29, 1.82) is 5.41 Å². The molecule has 294 valence electrons. The molecule has 1 saturated carbocycles. The molecule has 5 heterocycles. The number of ether oxygens (including phenoxy) is 7. The van der Waals surface area contributed by atoms with Gasteiger partial charge in [-0.1, -0.05) is 72.8 Å². The van der Waals surface area contributed by atoms with Crippen molar-refractivity contribution in [2.45, 2.75) is 94.1 Å². The van der Waals surface area contributed by atoms with E-state index in [-0.39, 0.29) is 35.4 Å². The number of benzene rings is 3. The second-order valence-corrected chi connectivity index (χ2v) is 16.2. The average molecular weight is 784 g/mol. The summed E-state index contributed by atoms with van der Waals surface area (Å²) in [5.74, 6) is -1.11. The predicted octanol–water partition coefficient (Wildman–Crippen LogP) is 5.87. The smallest absolute Gasteiger partial charge is 0.207 e. The molecule has 5 aromatic rings. The average Bonchev–Trinajstić information content (AvgIpc) is 3.97. The molecule has 2 aromatic heterocycles. The molecule has 0 radical (unpaired) electrons. The third kappa shape index (κ3) is 6.16. The minimum absolute atomic E-state index is 0.0863. The van der Waals surface area contributed by atoms with Gasteiger partial charge in [0.25, 0.3) is 0 Å². The Morgan fingerprint density at radius 2 is 1.43 bits per heavy atom. The van der Waals surface area contributed by atoms with E-state index in [1.807, 2.05) is 76.2 Å². The number of imidazole rings is 1. The summed E-state index contributed by atoms with van der Waals surface area (Å²) in [5.41, 5.74) is 2.73. The molecular formula is C42H46ClN5O8. The summed E-state index contributed by atoms with van der Waals surface area (Å²) >= 11 is 6.80. The lowest BCUT2D eigenvalue weighted by atomic mass is 9.80. The van der Waals surface area contributed by atoms with Crippen LogP contribution in [-0.4, -0.2) is 86.6 Å². The van der Waals surface area contributed by atoms with Crippen molar-refractivity contribution < 1.29 is 38.3 Å². The number of hydrogen-bond acceptors (Lipinski definition) is 11. The second-order valence-electron chi connectivity index (χ2n) is 15.8. The number of nitrogens with zero attached hydrogens (tertiary/aromatic N) is 4. The second kappa shape index (κ2) is 14.0. The molecule has 0 spiro atoms. The van der Waals surface area contributed by atoms with Crippen molar-refractivity contribution in [2.24, 2.45) is 5.92 Å². The van der Waals surface area contributed by atoms with E-state index < -0.39 is 47.8 Å². The highest BCUT2D eigenvalue weighted by molar-refractivity contribution is 6.29. The van der Waals surface area contributed by atoms with Crippen LogP contribution >= 0.6 is 11.6 Å². The highest BCUT2D eigenvalue weighted by Gasteiger charge is 2.57. The lowest BCUT2D eigenvalue weighted by molar-refractivity contribution is -0.199. The molecule has 9 rings (SSSR count). The molecule has 8 atom stereocenters. The van der Waals surface area contributed by atoms with Crippen LogP contribution in [0.4, 0.5) is 0 Å². The molecule has 0 bridgehead atoms. The molecule has 4 fully saturated rings. The number of hydrogen-bond donors (Lipinski definition) is 2. The van der Waals surface area contributed by atoms with Crippen molar-refractivity contribution in [2.75, 3.05) is 20.3 Å². The van der Waals surface area contributed by atoms with Gasteiger partial charge in [-0.2, -0.15) is 0 Å². The highest BCUT2D eigenvalue weighted by Crippen LogP contribution is 2.49. The number of methoxy groups -OCH3 is 1. The van der Waals surface area contributed by atoms with Gasteiger partial charge in [0.05, 0.1) is 38.8 Å². The van der Waals surface area contributed by atoms with Gasteiger partial charge in [0.2, 0.25) is 5.28 Å². The van der Waals surface area contributed by atoms with E-state index in [1.54, 1.807) is 22.6 Å². The van der Waals surface area contributed by atoms with E-state index in [9.17, 15) is 10.5 Å². The van der Waals surface area contributed by atoms with Crippen molar-refractivity contribution >= 4 is 22.8 Å². The summed E-state index contributed by atoms with van der Waals surface area (Å²) in [4.78, 5) is 9.45. The maximum atomic E-state index is 10.1. The summed E-state index contributed by atoms with van der Waals surface area (Å²) in [7, 11) is 1.66. The first-order valence-corrected chi connectivity index (χ1v) is 19.4. The quantitative estimate of drug-likeness (QED) is 0.130. The Morgan fingerprint density at radius 3 is 2.05 bits per heavy atom. The van der Waals surface area contributed by atoms with Crippen LogP contribution < -0.4 is 10.2 Å². The van der Waals surface area contributed by atoms with Gasteiger partial charge in [0.15, 0.2) is 34.5 Å². The van der Waals surface area contributed by atoms with Crippen molar-refractivity contribution in [1.82, 2.24) is 19.1 Å². The van der Waals surface area contributed by atoms with Crippen LogP contribution in [0.3, 0.4) is 0 Å². The number of aliphatic hydroxyl groups excluding tert-OH is 1. The molecule has 3 saturated heterocycles. The summed E-state index contributed by atoms with van der Waals surface area (Å²) < 4.78 is 48.0. The Bertz CT molecular complexity index is 2230. The van der Waals surface area contributed by atoms with Crippen molar-refractivity contribution in [3.8, 4) is 5.75 Å². The first-order chi connectivity index (χ1) is 26.9. The number of halogens is 1. The fourth-order valence-electron chi connectivity index (χ4n) is 9.11. The molecule has 13 nitrogen and oxygen atoms in total. The Morgan fingerprint density at radius 1 is 0.839 bits per heavy atom. The summed E-state index contributed by atoms with van der Waals surface area (Å²) in [5, 5.41) is 19.6. The normalized spacial score (nSPS) is 29.1. The Hall–Kier alpha value is -4.18. The van der Waals surface area contributed by atoms with Crippen LogP contribution in [0, 0.1) is 11.3 Å². The van der Waals surface area contributed by atoms with Crippen LogP contribution in [0.2, 0.25) is 5.28 Å². The summed E-state index contributed by atoms with van der Waals surface area (Å²) in [6.45, 7) is 7.52. The zero-order valence-electron chi connectivity index (χ0n) is 31.9. The minimum atomic E-state index is -0.964. The van der Waals surface area contributed by atoms with E-state index in [1.165, 1.54) is 0 Å². The molecular weight excluding hydrogens is 738 g/mol. The van der Waals surface area contributed by atoms with E-state index in [4.69, 9.17) is 49.7 Å². The zero-order valence-corrected chi connectivity index (χ0v) is 32.6. The van der Waals surface area contributed by atoms with Gasteiger partial charge in [-0.15, -0.1) is 0 Å². The van der Waals surface area contributed by atoms with Crippen LogP contribution in [0.15, 0.2) is 91.3 Å². The first-order valence-electron chi connectivity index (χ1n) is 19.0. The summed E-state index contributed by atoms with van der Waals surface area (Å²) in [6, 6.07) is 28.2. The van der Waals surface area contributed by atoms with Crippen LogP contribution in [-0.2, 0) is 34.0 Å². The van der Waals surface area contributed by atoms with Crippen molar-refractivity contribution in [3.05, 3.63) is 119 Å². The SMILES string of the molecule is COc1ccc(C(OC[C@H]2C[C@@H](n3cnc4c(nc(Cl)n4[C@@H]4O[C@H](CO)[C@H]5OC(C)(C)O[C@H]54)c3=N)[C@@H]3OC(C)(C)O[C@H]23)(c2ccccc2)c2ccccc2)cc1. The standard InChI is InChI=1S/C42H46ClN5O8/c1-40(2)53-32-24(22-51-42(25-12-8-6-9-13-25,26-14-10-7-11-15-26)27-16-18-28(50-5)19-17-27)20-29(33(32)54-40)47-23-45-37-31(36(47)44)46-39(43)48(37)38-35-34(30(21-49)52-38)55-41(3,4)56-35/h6-19,23-24,29-30,32-35,38,44,49H,20-22H2,1-5H3/t24-,29-,30-,32-,33+,34-,35-,38-/m1/s1. The third-order valence-electron chi connectivity index (χ3n) is 11.5. The number of nitrogens with one attached hydrogen (secondary N) is 1. The lowest BCUT2D eigenvalue weighted by Gasteiger charge is -2.37. The van der Waals surface area contributed by atoms with Gasteiger partial charge in [0, 0.05) is 5.92 Å². The molecule has 14 heteroatoms. The molecule has 0 unspecified atom stereocenters. The van der Waals surface area contributed by atoms with Crippen LogP contribution in [0.5, 0.6) is 5.75 Å². The molecule has 56 heavy (non-hydrogen) atoms. The van der Waals surface area contributed by atoms with Gasteiger partial charge < -0.3 is 42.8 Å². The monoisotopic (exact) mass is 783 g/mol. The number of aliphatic hydroxyl groups is 1. The maximum absolute atomic E-state index is 10.1. The fourth-order valence-corrected chi connectivity index (χ4v) is 9.37. The fraction of sp³-hybridized carbons (Fsp3) is 0.452. The van der Waals surface area contributed by atoms with Crippen LogP contribution in [0.25, 0.3) is 11.2 Å². The van der Waals surface area contributed by atoms with Gasteiger partial charge in [-0.25, -0.2) is 9.97 Å².